The van der Waals surface area contributed by atoms with E-state index in [0.717, 1.165) is 43.4 Å². The van der Waals surface area contributed by atoms with Gasteiger partial charge in [-0.05, 0) is 57.0 Å². The first kappa shape index (κ1) is 25.0. The Balaban J connectivity index is 2.16. The van der Waals surface area contributed by atoms with Crippen LogP contribution in [0.15, 0.2) is 47.3 Å². The summed E-state index contributed by atoms with van der Waals surface area (Å²) < 4.78 is 1.65. The number of carbonyl (C=O) groups is 1. The molecule has 0 N–H and O–H groups in total. The van der Waals surface area contributed by atoms with Gasteiger partial charge < -0.3 is 4.90 Å². The standard InChI is InChI=1S/C27H34ClN3O2/c1-5-7-9-10-25(32)30(17-8-6-2)20(4)26-29-24-18-21(28)13-16-23(24)27(33)31(26)22-14-11-19(3)12-15-22/h11-16,18,20H,5-10,17H2,1-4H3. The predicted molar refractivity (Wildman–Crippen MR) is 136 cm³/mol. The fourth-order valence-electron chi connectivity index (χ4n) is 4.07. The zero-order chi connectivity index (χ0) is 24.0. The second-order valence-corrected chi connectivity index (χ2v) is 9.12. The summed E-state index contributed by atoms with van der Waals surface area (Å²) in [7, 11) is 0. The number of nitrogens with zero attached hydrogens (tertiary/aromatic N) is 3. The summed E-state index contributed by atoms with van der Waals surface area (Å²) in [4.78, 5) is 33.6. The Labute approximate surface area is 201 Å². The number of rotatable bonds is 10. The van der Waals surface area contributed by atoms with Crippen molar-refractivity contribution < 1.29 is 4.79 Å². The molecule has 5 nitrogen and oxygen atoms in total. The van der Waals surface area contributed by atoms with Crippen molar-refractivity contribution in [2.75, 3.05) is 6.54 Å². The molecule has 1 aromatic heterocycles. The Morgan fingerprint density at radius 1 is 1.06 bits per heavy atom. The second-order valence-electron chi connectivity index (χ2n) is 8.68. The maximum atomic E-state index is 13.6. The molecule has 3 aromatic rings. The zero-order valence-electron chi connectivity index (χ0n) is 20.1. The molecule has 0 saturated heterocycles. The Hall–Kier alpha value is -2.66. The van der Waals surface area contributed by atoms with Crippen molar-refractivity contribution in [3.05, 3.63) is 69.2 Å². The fourth-order valence-corrected chi connectivity index (χ4v) is 4.24. The van der Waals surface area contributed by atoms with Gasteiger partial charge in [0.25, 0.3) is 5.56 Å². The first-order chi connectivity index (χ1) is 15.9. The molecule has 0 bridgehead atoms. The zero-order valence-corrected chi connectivity index (χ0v) is 20.9. The molecule has 0 radical (unpaired) electrons. The molecule has 0 fully saturated rings. The summed E-state index contributed by atoms with van der Waals surface area (Å²) in [5, 5.41) is 1.03. The van der Waals surface area contributed by atoms with Crippen molar-refractivity contribution in [1.82, 2.24) is 14.5 Å². The van der Waals surface area contributed by atoms with E-state index in [1.165, 1.54) is 0 Å². The van der Waals surface area contributed by atoms with Crippen LogP contribution in [0.3, 0.4) is 0 Å². The summed E-state index contributed by atoms with van der Waals surface area (Å²) in [5.74, 6) is 0.666. The van der Waals surface area contributed by atoms with Crippen LogP contribution in [0.4, 0.5) is 0 Å². The summed E-state index contributed by atoms with van der Waals surface area (Å²) in [6.45, 7) is 8.86. The van der Waals surface area contributed by atoms with Crippen LogP contribution in [-0.4, -0.2) is 26.9 Å². The number of unbranched alkanes of at least 4 members (excludes halogenated alkanes) is 3. The predicted octanol–water partition coefficient (Wildman–Crippen LogP) is 6.62. The molecule has 33 heavy (non-hydrogen) atoms. The number of carbonyl (C=O) groups excluding carboxylic acids is 1. The molecule has 2 aromatic carbocycles. The molecule has 1 unspecified atom stereocenters. The van der Waals surface area contributed by atoms with Gasteiger partial charge in [0.15, 0.2) is 0 Å². The molecule has 0 saturated carbocycles. The van der Waals surface area contributed by atoms with Gasteiger partial charge in [-0.3, -0.25) is 14.2 Å². The number of hydrogen-bond donors (Lipinski definition) is 0. The fraction of sp³-hybridized carbons (Fsp3) is 0.444. The summed E-state index contributed by atoms with van der Waals surface area (Å²) >= 11 is 6.22. The highest BCUT2D eigenvalue weighted by Gasteiger charge is 2.26. The lowest BCUT2D eigenvalue weighted by Gasteiger charge is -2.31. The molecule has 1 heterocycles. The van der Waals surface area contributed by atoms with Crippen LogP contribution in [0, 0.1) is 6.92 Å². The molecule has 0 spiro atoms. The number of fused-ring (bicyclic) bond motifs is 1. The van der Waals surface area contributed by atoms with Crippen molar-refractivity contribution in [3.8, 4) is 5.69 Å². The largest absolute Gasteiger partial charge is 0.333 e. The maximum Gasteiger partial charge on any atom is 0.266 e. The molecule has 0 aliphatic heterocycles. The molecule has 1 atom stereocenters. The molecule has 6 heteroatoms. The summed E-state index contributed by atoms with van der Waals surface area (Å²) in [5.41, 5.74) is 2.24. The van der Waals surface area contributed by atoms with Crippen molar-refractivity contribution in [2.45, 2.75) is 72.3 Å². The van der Waals surface area contributed by atoms with E-state index >= 15 is 0 Å². The topological polar surface area (TPSA) is 55.2 Å². The molecule has 176 valence electrons. The van der Waals surface area contributed by atoms with Crippen molar-refractivity contribution in [3.63, 3.8) is 0 Å². The third-order valence-corrected chi connectivity index (χ3v) is 6.29. The van der Waals surface area contributed by atoms with E-state index in [1.54, 1.807) is 22.8 Å². The molecule has 3 rings (SSSR count). The van der Waals surface area contributed by atoms with E-state index in [4.69, 9.17) is 16.6 Å². The second kappa shape index (κ2) is 11.5. The quantitative estimate of drug-likeness (QED) is 0.315. The monoisotopic (exact) mass is 467 g/mol. The summed E-state index contributed by atoms with van der Waals surface area (Å²) in [6, 6.07) is 12.6. The van der Waals surface area contributed by atoms with Gasteiger partial charge in [0, 0.05) is 18.0 Å². The van der Waals surface area contributed by atoms with Crippen LogP contribution in [0.5, 0.6) is 0 Å². The number of aromatic nitrogens is 2. The van der Waals surface area contributed by atoms with Crippen LogP contribution in [0.2, 0.25) is 5.02 Å². The van der Waals surface area contributed by atoms with E-state index in [9.17, 15) is 9.59 Å². The molecule has 0 aliphatic carbocycles. The van der Waals surface area contributed by atoms with Crippen LogP contribution >= 0.6 is 11.6 Å². The molecule has 1 amide bonds. The Bertz CT molecular complexity index is 1150. The maximum absolute atomic E-state index is 13.6. The first-order valence-electron chi connectivity index (χ1n) is 12.0. The van der Waals surface area contributed by atoms with Crippen molar-refractivity contribution in [2.24, 2.45) is 0 Å². The third kappa shape index (κ3) is 5.83. The number of halogens is 1. The van der Waals surface area contributed by atoms with Crippen LogP contribution in [-0.2, 0) is 4.79 Å². The minimum Gasteiger partial charge on any atom is -0.333 e. The highest BCUT2D eigenvalue weighted by Crippen LogP contribution is 2.25. The van der Waals surface area contributed by atoms with E-state index in [0.29, 0.717) is 34.7 Å². The minimum atomic E-state index is -0.358. The van der Waals surface area contributed by atoms with E-state index in [2.05, 4.69) is 13.8 Å². The highest BCUT2D eigenvalue weighted by atomic mass is 35.5. The van der Waals surface area contributed by atoms with E-state index in [-0.39, 0.29) is 17.5 Å². The lowest BCUT2D eigenvalue weighted by atomic mass is 10.1. The number of hydrogen-bond acceptors (Lipinski definition) is 3. The highest BCUT2D eigenvalue weighted by molar-refractivity contribution is 6.31. The van der Waals surface area contributed by atoms with E-state index < -0.39 is 0 Å². The van der Waals surface area contributed by atoms with Crippen molar-refractivity contribution in [1.29, 1.82) is 0 Å². The Morgan fingerprint density at radius 2 is 1.76 bits per heavy atom. The van der Waals surface area contributed by atoms with E-state index in [1.807, 2.05) is 43.0 Å². The van der Waals surface area contributed by atoms with Gasteiger partial charge in [0.2, 0.25) is 5.91 Å². The molecule has 0 aliphatic rings. The van der Waals surface area contributed by atoms with Gasteiger partial charge in [-0.25, -0.2) is 4.98 Å². The van der Waals surface area contributed by atoms with Crippen molar-refractivity contribution >= 4 is 28.4 Å². The van der Waals surface area contributed by atoms with Gasteiger partial charge in [-0.1, -0.05) is 62.4 Å². The molecular weight excluding hydrogens is 434 g/mol. The average molecular weight is 468 g/mol. The summed E-state index contributed by atoms with van der Waals surface area (Å²) in [6.07, 6.45) is 5.36. The van der Waals surface area contributed by atoms with Gasteiger partial charge in [-0.2, -0.15) is 0 Å². The number of benzene rings is 2. The van der Waals surface area contributed by atoms with Gasteiger partial charge in [-0.15, -0.1) is 0 Å². The lowest BCUT2D eigenvalue weighted by Crippen LogP contribution is -2.38. The first-order valence-corrected chi connectivity index (χ1v) is 12.3. The molecular formula is C27H34ClN3O2. The Morgan fingerprint density at radius 3 is 2.42 bits per heavy atom. The van der Waals surface area contributed by atoms with Crippen LogP contribution in [0.25, 0.3) is 16.6 Å². The van der Waals surface area contributed by atoms with Crippen LogP contribution in [0.1, 0.15) is 76.7 Å². The smallest absolute Gasteiger partial charge is 0.266 e. The normalized spacial score (nSPS) is 12.2. The van der Waals surface area contributed by atoms with Crippen LogP contribution < -0.4 is 5.56 Å². The lowest BCUT2D eigenvalue weighted by molar-refractivity contribution is -0.133. The van der Waals surface area contributed by atoms with Gasteiger partial charge >= 0.3 is 0 Å². The van der Waals surface area contributed by atoms with Gasteiger partial charge in [0.1, 0.15) is 5.82 Å². The number of aryl methyl sites for hydroxylation is 1. The number of amides is 1. The SMILES string of the molecule is CCCCCC(=O)N(CCCC)C(C)c1nc2cc(Cl)ccc2c(=O)n1-c1ccc(C)cc1. The Kier molecular flexibility index (Phi) is 8.67. The minimum absolute atomic E-state index is 0.111. The third-order valence-electron chi connectivity index (χ3n) is 6.06. The average Bonchev–Trinajstić information content (AvgIpc) is 2.80. The van der Waals surface area contributed by atoms with Gasteiger partial charge in [0.05, 0.1) is 22.6 Å².